The van der Waals surface area contributed by atoms with Crippen LogP contribution in [0.4, 0.5) is 17.6 Å². The molecule has 1 fully saturated rings. The van der Waals surface area contributed by atoms with Gasteiger partial charge < -0.3 is 24.1 Å². The fraction of sp³-hybridized carbons (Fsp3) is 0.455. The first kappa shape index (κ1) is 40.8. The van der Waals surface area contributed by atoms with E-state index in [-0.39, 0.29) is 46.6 Å². The Morgan fingerprint density at radius 1 is 0.877 bits per heavy atom. The third kappa shape index (κ3) is 8.04. The quantitative estimate of drug-likeness (QED) is 0.127. The lowest BCUT2D eigenvalue weighted by atomic mass is 10.1. The van der Waals surface area contributed by atoms with E-state index in [1.807, 2.05) is 41.0 Å². The Morgan fingerprint density at radius 2 is 1.54 bits per heavy atom. The average Bonchev–Trinajstić information content (AvgIpc) is 3.81. The highest BCUT2D eigenvalue weighted by molar-refractivity contribution is 6.74. The van der Waals surface area contributed by atoms with Gasteiger partial charge in [0.2, 0.25) is 23.7 Å². The number of nitrogens with two attached hydrogens (primary N) is 1. The van der Waals surface area contributed by atoms with Gasteiger partial charge in [-0.3, -0.25) is 14.3 Å². The van der Waals surface area contributed by atoms with E-state index in [1.165, 1.54) is 11.1 Å². The summed E-state index contributed by atoms with van der Waals surface area (Å²) in [6.07, 6.45) is -0.0605. The number of aromatic nitrogens is 4. The van der Waals surface area contributed by atoms with Crippen molar-refractivity contribution in [1.29, 1.82) is 0 Å². The Balaban J connectivity index is 1.35. The van der Waals surface area contributed by atoms with E-state index in [2.05, 4.69) is 109 Å². The van der Waals surface area contributed by atoms with Gasteiger partial charge in [-0.1, -0.05) is 102 Å². The highest BCUT2D eigenvalue weighted by atomic mass is 28.4. The number of hydrogen-bond acceptors (Lipinski definition) is 9. The number of amides is 1. The molecule has 3 heterocycles. The third-order valence-electron chi connectivity index (χ3n) is 12.4. The van der Waals surface area contributed by atoms with Crippen LogP contribution in [0.1, 0.15) is 77.8 Å². The standard InChI is InChI=1S/C44H58N6O5Si2/c1-28(51)49(32-21-22-34-31(24-32)23-30-19-15-16-20-33(30)34)42-46-38-39(47-41(45)48-40(38)52-26-29-17-13-12-14-18-29)50(42)37-25-35(55-57(10,11)44(5,6)7)36(54-37)27-53-56(8,9)43(2,3)4/h12-22,24,35-37H,23,25-27H2,1-11H3,(H2,45,47,48)/t35-,36+,37+/m0/s1. The molecule has 1 amide bonds. The normalized spacial score (nSPS) is 18.5. The van der Waals surface area contributed by atoms with Crippen molar-refractivity contribution in [3.63, 3.8) is 0 Å². The van der Waals surface area contributed by atoms with Crippen LogP contribution in [0.15, 0.2) is 72.8 Å². The van der Waals surface area contributed by atoms with Gasteiger partial charge in [-0.15, -0.1) is 0 Å². The number of anilines is 3. The predicted octanol–water partition coefficient (Wildman–Crippen LogP) is 9.94. The molecule has 5 aromatic rings. The maximum Gasteiger partial charge on any atom is 0.247 e. The molecule has 1 saturated heterocycles. The Morgan fingerprint density at radius 3 is 2.23 bits per heavy atom. The van der Waals surface area contributed by atoms with E-state index < -0.39 is 22.9 Å². The van der Waals surface area contributed by atoms with Gasteiger partial charge in [0.1, 0.15) is 18.9 Å². The second kappa shape index (κ2) is 15.1. The first-order valence-corrected chi connectivity index (χ1v) is 25.8. The maximum atomic E-state index is 14.0. The molecule has 1 aliphatic heterocycles. The summed E-state index contributed by atoms with van der Waals surface area (Å²) in [7, 11) is -4.43. The Kier molecular flexibility index (Phi) is 10.8. The highest BCUT2D eigenvalue weighted by Crippen LogP contribution is 2.46. The van der Waals surface area contributed by atoms with Crippen LogP contribution in [0.25, 0.3) is 22.3 Å². The van der Waals surface area contributed by atoms with Crippen LogP contribution in [0, 0.1) is 0 Å². The first-order valence-electron chi connectivity index (χ1n) is 20.0. The van der Waals surface area contributed by atoms with Crippen LogP contribution < -0.4 is 15.4 Å². The minimum absolute atomic E-state index is 0.0122. The van der Waals surface area contributed by atoms with Gasteiger partial charge >= 0.3 is 0 Å². The van der Waals surface area contributed by atoms with Crippen molar-refractivity contribution in [2.45, 2.75) is 123 Å². The van der Waals surface area contributed by atoms with Gasteiger partial charge in [0.25, 0.3) is 0 Å². The van der Waals surface area contributed by atoms with Gasteiger partial charge in [-0.05, 0) is 82.6 Å². The van der Waals surface area contributed by atoms with Crippen molar-refractivity contribution in [2.24, 2.45) is 0 Å². The van der Waals surface area contributed by atoms with Crippen molar-refractivity contribution in [3.8, 4) is 17.0 Å². The van der Waals surface area contributed by atoms with Crippen molar-refractivity contribution >= 4 is 51.3 Å². The van der Waals surface area contributed by atoms with E-state index in [9.17, 15) is 4.79 Å². The maximum absolute atomic E-state index is 14.0. The van der Waals surface area contributed by atoms with E-state index >= 15 is 0 Å². The van der Waals surface area contributed by atoms with Gasteiger partial charge in [0, 0.05) is 13.3 Å². The SMILES string of the molecule is CC(=O)N(c1ccc2c(c1)Cc1ccccc1-2)c1nc2c(OCc3ccccc3)nc(N)nc2n1[C@H]1C[C@H](O[Si](C)(C)C(C)(C)C)[C@@H](CO[Si](C)(C)C(C)(C)C)O1. The molecule has 0 bridgehead atoms. The zero-order valence-corrected chi connectivity index (χ0v) is 37.3. The molecule has 1 aliphatic carbocycles. The molecule has 3 aromatic carbocycles. The summed E-state index contributed by atoms with van der Waals surface area (Å²) in [5.41, 5.74) is 13.6. The molecule has 7 rings (SSSR count). The lowest BCUT2D eigenvalue weighted by Gasteiger charge is -2.40. The van der Waals surface area contributed by atoms with Crippen molar-refractivity contribution in [1.82, 2.24) is 19.5 Å². The number of carbonyl (C=O) groups excluding carboxylic acids is 1. The van der Waals surface area contributed by atoms with Crippen LogP contribution in [0.2, 0.25) is 36.3 Å². The number of ether oxygens (including phenoxy) is 2. The molecule has 13 heteroatoms. The molecular formula is C44H58N6O5Si2. The lowest BCUT2D eigenvalue weighted by Crippen LogP contribution is -2.48. The number of nitrogens with zero attached hydrogens (tertiary/aromatic N) is 5. The summed E-state index contributed by atoms with van der Waals surface area (Å²) < 4.78 is 29.3. The van der Waals surface area contributed by atoms with Gasteiger partial charge in [-0.25, -0.2) is 4.98 Å². The van der Waals surface area contributed by atoms with Crippen molar-refractivity contribution in [2.75, 3.05) is 17.2 Å². The summed E-state index contributed by atoms with van der Waals surface area (Å²) in [6.45, 7) is 24.6. The van der Waals surface area contributed by atoms with Crippen LogP contribution in [-0.4, -0.2) is 60.9 Å². The number of hydrogen-bond donors (Lipinski definition) is 1. The number of nitrogen functional groups attached to an aromatic ring is 1. The Bertz CT molecular complexity index is 2280. The molecule has 3 atom stereocenters. The second-order valence-electron chi connectivity index (χ2n) is 18.5. The minimum atomic E-state index is -2.27. The highest BCUT2D eigenvalue weighted by Gasteiger charge is 2.48. The molecule has 2 N–H and O–H groups in total. The molecule has 0 saturated carbocycles. The molecule has 0 radical (unpaired) electrons. The van der Waals surface area contributed by atoms with Gasteiger partial charge in [0.05, 0.1) is 18.4 Å². The Labute approximate surface area is 339 Å². The van der Waals surface area contributed by atoms with E-state index in [0.717, 1.165) is 23.1 Å². The van der Waals surface area contributed by atoms with Crippen LogP contribution >= 0.6 is 0 Å². The molecule has 0 unspecified atom stereocenters. The van der Waals surface area contributed by atoms with Crippen LogP contribution in [-0.2, 0) is 31.4 Å². The summed E-state index contributed by atoms with van der Waals surface area (Å²) in [4.78, 5) is 30.1. The number of rotatable bonds is 11. The van der Waals surface area contributed by atoms with Gasteiger partial charge in [0.15, 0.2) is 27.8 Å². The summed E-state index contributed by atoms with van der Waals surface area (Å²) in [5, 5.41) is -0.0214. The molecule has 0 spiro atoms. The molecular weight excluding hydrogens is 749 g/mol. The summed E-state index contributed by atoms with van der Waals surface area (Å²) in [6, 6.07) is 24.4. The average molecular weight is 807 g/mol. The van der Waals surface area contributed by atoms with E-state index in [0.29, 0.717) is 35.8 Å². The molecule has 302 valence electrons. The smallest absolute Gasteiger partial charge is 0.247 e. The number of imidazole rings is 1. The van der Waals surface area contributed by atoms with Crippen molar-refractivity contribution < 1.29 is 23.1 Å². The predicted molar refractivity (Wildman–Crippen MR) is 232 cm³/mol. The van der Waals surface area contributed by atoms with E-state index in [4.69, 9.17) is 34.0 Å². The fourth-order valence-corrected chi connectivity index (χ4v) is 9.48. The zero-order chi connectivity index (χ0) is 41.1. The fourth-order valence-electron chi connectivity index (χ4n) is 7.11. The minimum Gasteiger partial charge on any atom is -0.471 e. The molecule has 57 heavy (non-hydrogen) atoms. The molecule has 2 aliphatic rings. The monoisotopic (exact) mass is 806 g/mol. The second-order valence-corrected chi connectivity index (χ2v) is 28.1. The first-order chi connectivity index (χ1) is 26.7. The largest absolute Gasteiger partial charge is 0.471 e. The van der Waals surface area contributed by atoms with E-state index in [1.54, 1.807) is 11.8 Å². The Hall–Kier alpha value is -4.41. The number of carbonyl (C=O) groups is 1. The van der Waals surface area contributed by atoms with Gasteiger partial charge in [-0.2, -0.15) is 9.97 Å². The zero-order valence-electron chi connectivity index (χ0n) is 35.3. The topological polar surface area (TPSA) is 127 Å². The number of fused-ring (bicyclic) bond motifs is 4. The van der Waals surface area contributed by atoms with Crippen LogP contribution in [0.3, 0.4) is 0 Å². The molecule has 2 aromatic heterocycles. The lowest BCUT2D eigenvalue weighted by molar-refractivity contribution is -0.116. The summed E-state index contributed by atoms with van der Waals surface area (Å²) >= 11 is 0. The van der Waals surface area contributed by atoms with Crippen LogP contribution in [0.5, 0.6) is 5.88 Å². The molecule has 11 nitrogen and oxygen atoms in total. The van der Waals surface area contributed by atoms with Crippen molar-refractivity contribution in [3.05, 3.63) is 89.5 Å². The number of benzene rings is 3. The summed E-state index contributed by atoms with van der Waals surface area (Å²) in [5.74, 6) is 0.353. The third-order valence-corrected chi connectivity index (χ3v) is 21.4.